The summed E-state index contributed by atoms with van der Waals surface area (Å²) < 4.78 is 30.0. The first-order valence-corrected chi connectivity index (χ1v) is 4.30. The Bertz CT molecular complexity index is 410. The molecular weight excluding hydrogens is 222 g/mol. The number of nitrogens with zero attached hydrogens (tertiary/aromatic N) is 1. The summed E-state index contributed by atoms with van der Waals surface area (Å²) in [6, 6.07) is 1.20. The van der Waals surface area contributed by atoms with Crippen LogP contribution in [0.25, 0.3) is 0 Å². The van der Waals surface area contributed by atoms with Crippen molar-refractivity contribution in [3.05, 3.63) is 22.9 Å². The van der Waals surface area contributed by atoms with Crippen molar-refractivity contribution in [2.24, 2.45) is 5.73 Å². The van der Waals surface area contributed by atoms with E-state index >= 15 is 0 Å². The summed E-state index contributed by atoms with van der Waals surface area (Å²) in [6.45, 7) is -0.209. The number of hydrogen-bond donors (Lipinski definition) is 2. The molecular formula is C9H10F2N2O3. The fraction of sp³-hybridized carbons (Fsp3) is 0.333. The molecule has 0 aromatic carbocycles. The van der Waals surface area contributed by atoms with Crippen molar-refractivity contribution >= 4 is 5.97 Å². The lowest BCUT2D eigenvalue weighted by atomic mass is 10.1. The lowest BCUT2D eigenvalue weighted by molar-refractivity contribution is 0.0675. The number of pyridine rings is 1. The lowest BCUT2D eigenvalue weighted by Crippen LogP contribution is -2.13. The average Bonchev–Trinajstić information content (AvgIpc) is 2.26. The fourth-order valence-electron chi connectivity index (χ4n) is 1.26. The van der Waals surface area contributed by atoms with Crippen molar-refractivity contribution < 1.29 is 23.4 Å². The normalized spacial score (nSPS) is 10.6. The molecule has 0 amide bonds. The molecule has 0 fully saturated rings. The Labute approximate surface area is 89.9 Å². The summed E-state index contributed by atoms with van der Waals surface area (Å²) >= 11 is 0. The number of nitrogens with two attached hydrogens (primary N) is 1. The number of alkyl halides is 2. The van der Waals surface area contributed by atoms with Crippen LogP contribution in [0.3, 0.4) is 0 Å². The molecule has 1 rings (SSSR count). The third-order valence-corrected chi connectivity index (χ3v) is 1.97. The van der Waals surface area contributed by atoms with Crippen LogP contribution in [-0.4, -0.2) is 23.2 Å². The summed E-state index contributed by atoms with van der Waals surface area (Å²) in [7, 11) is 1.26. The van der Waals surface area contributed by atoms with Gasteiger partial charge in [0.2, 0.25) is 5.88 Å². The molecule has 7 heteroatoms. The predicted molar refractivity (Wildman–Crippen MR) is 50.6 cm³/mol. The van der Waals surface area contributed by atoms with Gasteiger partial charge in [-0.25, -0.2) is 18.6 Å². The number of hydrogen-bond acceptors (Lipinski definition) is 4. The Morgan fingerprint density at radius 2 is 2.31 bits per heavy atom. The third-order valence-electron chi connectivity index (χ3n) is 1.97. The summed E-state index contributed by atoms with van der Waals surface area (Å²) in [6.07, 6.45) is -2.94. The number of aromatic nitrogens is 1. The van der Waals surface area contributed by atoms with Gasteiger partial charge in [-0.05, 0) is 5.56 Å². The zero-order chi connectivity index (χ0) is 12.3. The Morgan fingerprint density at radius 1 is 1.69 bits per heavy atom. The van der Waals surface area contributed by atoms with Gasteiger partial charge in [-0.2, -0.15) is 0 Å². The molecule has 0 aliphatic carbocycles. The first-order chi connectivity index (χ1) is 7.51. The van der Waals surface area contributed by atoms with Crippen LogP contribution < -0.4 is 10.5 Å². The van der Waals surface area contributed by atoms with Crippen molar-refractivity contribution in [2.45, 2.75) is 13.0 Å². The van der Waals surface area contributed by atoms with Gasteiger partial charge in [-0.15, -0.1) is 0 Å². The van der Waals surface area contributed by atoms with Crippen LogP contribution in [0.2, 0.25) is 0 Å². The van der Waals surface area contributed by atoms with Crippen molar-refractivity contribution in [3.63, 3.8) is 0 Å². The standard InChI is InChI=1S/C9H10F2N2O3/c1-16-5-2-4(3-12)6(8(10)11)7(13-5)9(14)15/h2,8H,3,12H2,1H3,(H,14,15). The van der Waals surface area contributed by atoms with E-state index < -0.39 is 23.7 Å². The van der Waals surface area contributed by atoms with E-state index in [0.29, 0.717) is 0 Å². The smallest absolute Gasteiger partial charge is 0.355 e. The molecule has 1 heterocycles. The zero-order valence-electron chi connectivity index (χ0n) is 8.41. The van der Waals surface area contributed by atoms with Crippen LogP contribution in [0.5, 0.6) is 5.88 Å². The van der Waals surface area contributed by atoms with Crippen LogP contribution in [0.15, 0.2) is 6.07 Å². The van der Waals surface area contributed by atoms with Gasteiger partial charge in [0.15, 0.2) is 5.69 Å². The number of ether oxygens (including phenoxy) is 1. The number of aromatic carboxylic acids is 1. The molecule has 3 N–H and O–H groups in total. The highest BCUT2D eigenvalue weighted by atomic mass is 19.3. The van der Waals surface area contributed by atoms with Crippen LogP contribution in [0.4, 0.5) is 8.78 Å². The van der Waals surface area contributed by atoms with E-state index in [1.54, 1.807) is 0 Å². The maximum atomic E-state index is 12.7. The largest absolute Gasteiger partial charge is 0.481 e. The highest BCUT2D eigenvalue weighted by Crippen LogP contribution is 2.28. The van der Waals surface area contributed by atoms with E-state index in [9.17, 15) is 13.6 Å². The summed E-state index contributed by atoms with van der Waals surface area (Å²) in [4.78, 5) is 14.2. The number of carbonyl (C=O) groups is 1. The van der Waals surface area contributed by atoms with E-state index in [0.717, 1.165) is 0 Å². The molecule has 0 unspecified atom stereocenters. The fourth-order valence-corrected chi connectivity index (χ4v) is 1.26. The minimum absolute atomic E-state index is 0.0132. The molecule has 0 saturated heterocycles. The summed E-state index contributed by atoms with van der Waals surface area (Å²) in [5.74, 6) is -1.59. The molecule has 16 heavy (non-hydrogen) atoms. The number of rotatable bonds is 4. The highest BCUT2D eigenvalue weighted by Gasteiger charge is 2.24. The molecule has 0 aliphatic rings. The molecule has 0 bridgehead atoms. The van der Waals surface area contributed by atoms with Crippen molar-refractivity contribution in [2.75, 3.05) is 7.11 Å². The minimum Gasteiger partial charge on any atom is -0.481 e. The maximum Gasteiger partial charge on any atom is 0.355 e. The second kappa shape index (κ2) is 4.84. The van der Waals surface area contributed by atoms with Gasteiger partial charge in [0, 0.05) is 12.6 Å². The molecule has 0 saturated carbocycles. The van der Waals surface area contributed by atoms with Crippen LogP contribution in [0, 0.1) is 0 Å². The van der Waals surface area contributed by atoms with Gasteiger partial charge in [0.25, 0.3) is 6.43 Å². The quantitative estimate of drug-likeness (QED) is 0.814. The average molecular weight is 232 g/mol. The van der Waals surface area contributed by atoms with Gasteiger partial charge in [-0.1, -0.05) is 0 Å². The Hall–Kier alpha value is -1.76. The van der Waals surface area contributed by atoms with E-state index in [1.807, 2.05) is 0 Å². The van der Waals surface area contributed by atoms with Crippen molar-refractivity contribution in [3.8, 4) is 5.88 Å². The minimum atomic E-state index is -2.94. The molecule has 5 nitrogen and oxygen atoms in total. The second-order valence-electron chi connectivity index (χ2n) is 2.90. The Kier molecular flexibility index (Phi) is 3.73. The number of methoxy groups -OCH3 is 1. The molecule has 1 aromatic rings. The van der Waals surface area contributed by atoms with Gasteiger partial charge < -0.3 is 15.6 Å². The predicted octanol–water partition coefficient (Wildman–Crippen LogP) is 1.18. The third kappa shape index (κ3) is 2.25. The monoisotopic (exact) mass is 232 g/mol. The Morgan fingerprint density at radius 3 is 2.69 bits per heavy atom. The molecule has 1 aromatic heterocycles. The van der Waals surface area contributed by atoms with Crippen molar-refractivity contribution in [1.82, 2.24) is 4.98 Å². The zero-order valence-corrected chi connectivity index (χ0v) is 8.41. The first-order valence-electron chi connectivity index (χ1n) is 4.30. The first kappa shape index (κ1) is 12.3. The van der Waals surface area contributed by atoms with Gasteiger partial charge in [-0.3, -0.25) is 0 Å². The van der Waals surface area contributed by atoms with E-state index in [1.165, 1.54) is 13.2 Å². The SMILES string of the molecule is COc1cc(CN)c(C(F)F)c(C(=O)O)n1. The molecule has 88 valence electrons. The van der Waals surface area contributed by atoms with Crippen LogP contribution in [0.1, 0.15) is 28.0 Å². The lowest BCUT2D eigenvalue weighted by Gasteiger charge is -2.11. The van der Waals surface area contributed by atoms with Gasteiger partial charge in [0.1, 0.15) is 0 Å². The van der Waals surface area contributed by atoms with E-state index in [-0.39, 0.29) is 18.0 Å². The molecule has 0 aliphatic heterocycles. The molecule has 0 atom stereocenters. The Balaban J connectivity index is 3.47. The molecule has 0 radical (unpaired) electrons. The summed E-state index contributed by atoms with van der Waals surface area (Å²) in [5, 5.41) is 8.76. The van der Waals surface area contributed by atoms with Gasteiger partial charge in [0.05, 0.1) is 12.7 Å². The van der Waals surface area contributed by atoms with Crippen molar-refractivity contribution in [1.29, 1.82) is 0 Å². The summed E-state index contributed by atoms with van der Waals surface area (Å²) in [5.41, 5.74) is 3.90. The number of carboxylic acid groups (broad SMARTS) is 1. The highest BCUT2D eigenvalue weighted by molar-refractivity contribution is 5.87. The van der Waals surface area contributed by atoms with E-state index in [2.05, 4.69) is 4.98 Å². The second-order valence-corrected chi connectivity index (χ2v) is 2.90. The van der Waals surface area contributed by atoms with Gasteiger partial charge >= 0.3 is 5.97 Å². The van der Waals surface area contributed by atoms with Crippen LogP contribution in [-0.2, 0) is 6.54 Å². The molecule has 0 spiro atoms. The topological polar surface area (TPSA) is 85.4 Å². The number of carboxylic acids is 1. The van der Waals surface area contributed by atoms with Crippen LogP contribution >= 0.6 is 0 Å². The number of halogens is 2. The van der Waals surface area contributed by atoms with E-state index in [4.69, 9.17) is 15.6 Å². The maximum absolute atomic E-state index is 12.7.